The van der Waals surface area contributed by atoms with E-state index in [4.69, 9.17) is 5.11 Å². The molecule has 0 saturated carbocycles. The van der Waals surface area contributed by atoms with Gasteiger partial charge in [-0.25, -0.2) is 4.98 Å². The highest BCUT2D eigenvalue weighted by atomic mass is 32.1. The zero-order valence-corrected chi connectivity index (χ0v) is 11.7. The molecule has 6 heteroatoms. The Hall–Kier alpha value is -2.23. The first-order valence-electron chi connectivity index (χ1n) is 6.00. The Bertz CT molecular complexity index is 653. The maximum absolute atomic E-state index is 12.0. The van der Waals surface area contributed by atoms with Crippen LogP contribution in [0.15, 0.2) is 24.3 Å². The molecule has 0 aliphatic rings. The predicted molar refractivity (Wildman–Crippen MR) is 77.6 cm³/mol. The van der Waals surface area contributed by atoms with Gasteiger partial charge in [0.25, 0.3) is 5.91 Å². The van der Waals surface area contributed by atoms with Crippen molar-refractivity contribution in [3.05, 3.63) is 41.2 Å². The van der Waals surface area contributed by atoms with Gasteiger partial charge >= 0.3 is 0 Å². The first-order chi connectivity index (χ1) is 9.69. The molecule has 0 radical (unpaired) electrons. The summed E-state index contributed by atoms with van der Waals surface area (Å²) in [4.78, 5) is 16.0. The molecule has 0 unspecified atom stereocenters. The van der Waals surface area contributed by atoms with Crippen molar-refractivity contribution in [2.75, 3.05) is 11.9 Å². The fraction of sp³-hybridized carbons (Fsp3) is 0.214. The summed E-state index contributed by atoms with van der Waals surface area (Å²) >= 11 is 1.15. The van der Waals surface area contributed by atoms with E-state index in [0.29, 0.717) is 22.9 Å². The molecule has 2 rings (SSSR count). The van der Waals surface area contributed by atoms with E-state index < -0.39 is 0 Å². The lowest BCUT2D eigenvalue weighted by Crippen LogP contribution is -2.11. The van der Waals surface area contributed by atoms with Crippen LogP contribution in [-0.4, -0.2) is 27.0 Å². The Kier molecular flexibility index (Phi) is 4.82. The van der Waals surface area contributed by atoms with E-state index in [9.17, 15) is 4.79 Å². The fourth-order valence-corrected chi connectivity index (χ4v) is 2.01. The molecule has 5 nitrogen and oxygen atoms in total. The summed E-state index contributed by atoms with van der Waals surface area (Å²) in [5, 5.41) is 11.8. The molecule has 0 saturated heterocycles. The molecule has 0 bridgehead atoms. The minimum absolute atomic E-state index is 0.0504. The number of aliphatic hydroxyl groups excluding tert-OH is 1. The van der Waals surface area contributed by atoms with Gasteiger partial charge in [0.05, 0.1) is 6.61 Å². The third kappa shape index (κ3) is 3.88. The summed E-state index contributed by atoms with van der Waals surface area (Å²) in [6.45, 7) is 1.82. The van der Waals surface area contributed by atoms with E-state index in [1.807, 2.05) is 0 Å². The summed E-state index contributed by atoms with van der Waals surface area (Å²) in [6.07, 6.45) is 0.443. The third-order valence-corrected chi connectivity index (χ3v) is 3.09. The van der Waals surface area contributed by atoms with Gasteiger partial charge in [0.15, 0.2) is 0 Å². The number of nitrogens with one attached hydrogen (secondary N) is 1. The molecule has 0 aliphatic carbocycles. The Morgan fingerprint density at radius 3 is 2.75 bits per heavy atom. The predicted octanol–water partition coefficient (Wildman–Crippen LogP) is 1.83. The molecule has 0 aliphatic heterocycles. The van der Waals surface area contributed by atoms with Crippen molar-refractivity contribution in [1.82, 2.24) is 9.36 Å². The quantitative estimate of drug-likeness (QED) is 0.845. The van der Waals surface area contributed by atoms with Gasteiger partial charge in [0, 0.05) is 29.1 Å². The smallest absolute Gasteiger partial charge is 0.257 e. The van der Waals surface area contributed by atoms with Crippen molar-refractivity contribution in [2.45, 2.75) is 13.3 Å². The number of hydrogen-bond acceptors (Lipinski definition) is 5. The molecular weight excluding hydrogens is 274 g/mol. The molecule has 1 heterocycles. The number of carbonyl (C=O) groups excluding carboxylic acids is 1. The standard InChI is InChI=1S/C14H13N3O2S/c1-10-15-14(20-17-10)16-13(19)12-7-5-11(6-8-12)4-2-3-9-18/h5-8,18H,3,9H2,1H3,(H,15,16,17,19). The number of aryl methyl sites for hydroxylation is 1. The average Bonchev–Trinajstić information content (AvgIpc) is 2.85. The number of amides is 1. The summed E-state index contributed by atoms with van der Waals surface area (Å²) in [6, 6.07) is 6.94. The lowest BCUT2D eigenvalue weighted by Gasteiger charge is -2.01. The Balaban J connectivity index is 2.02. The molecule has 0 atom stereocenters. The van der Waals surface area contributed by atoms with Gasteiger partial charge in [-0.15, -0.1) is 0 Å². The lowest BCUT2D eigenvalue weighted by atomic mass is 10.1. The van der Waals surface area contributed by atoms with Crippen molar-refractivity contribution < 1.29 is 9.90 Å². The largest absolute Gasteiger partial charge is 0.395 e. The van der Waals surface area contributed by atoms with Gasteiger partial charge in [-0.3, -0.25) is 10.1 Å². The van der Waals surface area contributed by atoms with E-state index >= 15 is 0 Å². The molecule has 20 heavy (non-hydrogen) atoms. The maximum atomic E-state index is 12.0. The molecule has 1 aromatic heterocycles. The second-order valence-electron chi connectivity index (χ2n) is 3.95. The highest BCUT2D eigenvalue weighted by molar-refractivity contribution is 7.09. The van der Waals surface area contributed by atoms with Crippen LogP contribution in [0.2, 0.25) is 0 Å². The molecule has 1 amide bonds. The highest BCUT2D eigenvalue weighted by Crippen LogP contribution is 2.12. The van der Waals surface area contributed by atoms with Gasteiger partial charge in [0.1, 0.15) is 5.82 Å². The minimum atomic E-state index is -0.226. The number of anilines is 1. The zero-order valence-electron chi connectivity index (χ0n) is 10.9. The molecule has 0 fully saturated rings. The average molecular weight is 287 g/mol. The first kappa shape index (κ1) is 14.2. The molecule has 102 valence electrons. The number of hydrogen-bond donors (Lipinski definition) is 2. The van der Waals surface area contributed by atoms with Crippen LogP contribution in [0, 0.1) is 18.8 Å². The van der Waals surface area contributed by atoms with Crippen LogP contribution in [0.4, 0.5) is 5.13 Å². The second-order valence-corrected chi connectivity index (χ2v) is 4.71. The maximum Gasteiger partial charge on any atom is 0.257 e. The SMILES string of the molecule is Cc1nsc(NC(=O)c2ccc(C#CCCO)cc2)n1. The van der Waals surface area contributed by atoms with Crippen LogP contribution < -0.4 is 5.32 Å². The van der Waals surface area contributed by atoms with Crippen molar-refractivity contribution >= 4 is 22.6 Å². The van der Waals surface area contributed by atoms with Crippen molar-refractivity contribution in [1.29, 1.82) is 0 Å². The fourth-order valence-electron chi connectivity index (χ4n) is 1.44. The number of nitrogens with zero attached hydrogens (tertiary/aromatic N) is 2. The number of carbonyl (C=O) groups is 1. The topological polar surface area (TPSA) is 75.1 Å². The zero-order chi connectivity index (χ0) is 14.4. The van der Waals surface area contributed by atoms with E-state index in [2.05, 4.69) is 26.5 Å². The van der Waals surface area contributed by atoms with Gasteiger partial charge in [-0.2, -0.15) is 4.37 Å². The summed E-state index contributed by atoms with van der Waals surface area (Å²) in [7, 11) is 0. The van der Waals surface area contributed by atoms with Crippen molar-refractivity contribution in [2.24, 2.45) is 0 Å². The molecule has 2 N–H and O–H groups in total. The highest BCUT2D eigenvalue weighted by Gasteiger charge is 2.08. The number of aliphatic hydroxyl groups is 1. The van der Waals surface area contributed by atoms with Crippen LogP contribution >= 0.6 is 11.5 Å². The first-order valence-corrected chi connectivity index (χ1v) is 6.78. The van der Waals surface area contributed by atoms with E-state index in [0.717, 1.165) is 17.1 Å². The van der Waals surface area contributed by atoms with Gasteiger partial charge in [0.2, 0.25) is 5.13 Å². The number of rotatable bonds is 3. The minimum Gasteiger partial charge on any atom is -0.395 e. The summed E-state index contributed by atoms with van der Waals surface area (Å²) in [5.74, 6) is 6.14. The van der Waals surface area contributed by atoms with E-state index in [1.54, 1.807) is 31.2 Å². The molecule has 1 aromatic carbocycles. The van der Waals surface area contributed by atoms with Crippen LogP contribution in [0.25, 0.3) is 0 Å². The lowest BCUT2D eigenvalue weighted by molar-refractivity contribution is 0.102. The van der Waals surface area contributed by atoms with E-state index in [-0.39, 0.29) is 12.5 Å². The van der Waals surface area contributed by atoms with Crippen molar-refractivity contribution in [3.63, 3.8) is 0 Å². The number of aromatic nitrogens is 2. The summed E-state index contributed by atoms with van der Waals surface area (Å²) < 4.78 is 4.00. The third-order valence-electron chi connectivity index (χ3n) is 2.36. The Morgan fingerprint density at radius 1 is 1.40 bits per heavy atom. The second kappa shape index (κ2) is 6.80. The van der Waals surface area contributed by atoms with Crippen LogP contribution in [-0.2, 0) is 0 Å². The Morgan fingerprint density at radius 2 is 2.15 bits per heavy atom. The Labute approximate surface area is 120 Å². The van der Waals surface area contributed by atoms with Gasteiger partial charge in [-0.1, -0.05) is 11.8 Å². The van der Waals surface area contributed by atoms with Crippen molar-refractivity contribution in [3.8, 4) is 11.8 Å². The van der Waals surface area contributed by atoms with E-state index in [1.165, 1.54) is 0 Å². The number of benzene rings is 1. The monoisotopic (exact) mass is 287 g/mol. The normalized spacial score (nSPS) is 9.70. The van der Waals surface area contributed by atoms with Gasteiger partial charge < -0.3 is 5.11 Å². The van der Waals surface area contributed by atoms with Crippen LogP contribution in [0.3, 0.4) is 0 Å². The van der Waals surface area contributed by atoms with Crippen LogP contribution in [0.5, 0.6) is 0 Å². The van der Waals surface area contributed by atoms with Crippen LogP contribution in [0.1, 0.15) is 28.2 Å². The van der Waals surface area contributed by atoms with Gasteiger partial charge in [-0.05, 0) is 31.2 Å². The summed E-state index contributed by atoms with van der Waals surface area (Å²) in [5.41, 5.74) is 1.34. The molecular formula is C14H13N3O2S. The molecule has 0 spiro atoms. The molecule has 2 aromatic rings.